The summed E-state index contributed by atoms with van der Waals surface area (Å²) in [5, 5.41) is 9.23. The topological polar surface area (TPSA) is 49.8 Å². The highest BCUT2D eigenvalue weighted by atomic mass is 14.7. The van der Waals surface area contributed by atoms with Gasteiger partial charge in [-0.15, -0.1) is 0 Å². The lowest BCUT2D eigenvalue weighted by Crippen LogP contribution is -2.37. The second-order valence-corrected chi connectivity index (χ2v) is 6.01. The molecule has 18 heavy (non-hydrogen) atoms. The molecular weight excluding hydrogens is 220 g/mol. The maximum atomic E-state index is 9.23. The van der Waals surface area contributed by atoms with Crippen molar-refractivity contribution < 1.29 is 0 Å². The Balaban J connectivity index is 2.32. The number of nitrogens with zero attached hydrogens (tertiary/aromatic N) is 1. The third kappa shape index (κ3) is 7.01. The zero-order valence-corrected chi connectivity index (χ0v) is 11.9. The predicted molar refractivity (Wildman–Crippen MR) is 77.2 cm³/mol. The van der Waals surface area contributed by atoms with Gasteiger partial charge in [-0.1, -0.05) is 77.0 Å². The minimum Gasteiger partial charge on any atom is -0.313 e. The molecule has 0 heterocycles. The van der Waals surface area contributed by atoms with Gasteiger partial charge in [-0.05, 0) is 12.8 Å². The van der Waals surface area contributed by atoms with Crippen molar-refractivity contribution in [3.63, 3.8) is 0 Å². The van der Waals surface area contributed by atoms with Crippen LogP contribution in [0.2, 0.25) is 0 Å². The molecule has 0 unspecified atom stereocenters. The Kier molecular flexibility index (Phi) is 8.09. The van der Waals surface area contributed by atoms with Crippen LogP contribution in [0.4, 0.5) is 0 Å². The van der Waals surface area contributed by atoms with E-state index in [2.05, 4.69) is 6.07 Å². The second-order valence-electron chi connectivity index (χ2n) is 6.01. The normalized spacial score (nSPS) is 24.4. The van der Waals surface area contributed by atoms with E-state index in [1.165, 1.54) is 64.2 Å². The quantitative estimate of drug-likeness (QED) is 0.678. The van der Waals surface area contributed by atoms with Gasteiger partial charge in [0.15, 0.2) is 0 Å². The molecule has 1 aliphatic carbocycles. The molecule has 0 atom stereocenters. The third-order valence-corrected chi connectivity index (χ3v) is 4.22. The fourth-order valence-corrected chi connectivity index (χ4v) is 2.89. The van der Waals surface area contributed by atoms with Crippen LogP contribution >= 0.6 is 0 Å². The number of nitrogens with two attached hydrogens (primary N) is 1. The van der Waals surface area contributed by atoms with Gasteiger partial charge in [0.25, 0.3) is 0 Å². The molecule has 0 radical (unpaired) electrons. The van der Waals surface area contributed by atoms with E-state index in [4.69, 9.17) is 5.73 Å². The molecule has 2 heteroatoms. The van der Waals surface area contributed by atoms with E-state index >= 15 is 0 Å². The monoisotopic (exact) mass is 250 g/mol. The lowest BCUT2D eigenvalue weighted by atomic mass is 9.89. The first kappa shape index (κ1) is 15.5. The average Bonchev–Trinajstić information content (AvgIpc) is 2.39. The summed E-state index contributed by atoms with van der Waals surface area (Å²) in [5.74, 6) is 0. The third-order valence-electron chi connectivity index (χ3n) is 4.22. The second kappa shape index (κ2) is 9.39. The lowest BCUT2D eigenvalue weighted by Gasteiger charge is -2.21. The van der Waals surface area contributed by atoms with Gasteiger partial charge in [-0.25, -0.2) is 0 Å². The summed E-state index contributed by atoms with van der Waals surface area (Å²) >= 11 is 0. The van der Waals surface area contributed by atoms with E-state index < -0.39 is 5.54 Å². The first-order valence-electron chi connectivity index (χ1n) is 7.97. The van der Waals surface area contributed by atoms with Crippen LogP contribution in [0.25, 0.3) is 0 Å². The first-order valence-corrected chi connectivity index (χ1v) is 7.97. The van der Waals surface area contributed by atoms with Gasteiger partial charge in [0.05, 0.1) is 6.07 Å². The van der Waals surface area contributed by atoms with Crippen LogP contribution < -0.4 is 5.73 Å². The summed E-state index contributed by atoms with van der Waals surface area (Å²) in [7, 11) is 0. The van der Waals surface area contributed by atoms with E-state index in [0.29, 0.717) is 0 Å². The minimum absolute atomic E-state index is 0.541. The van der Waals surface area contributed by atoms with Crippen LogP contribution in [-0.2, 0) is 0 Å². The van der Waals surface area contributed by atoms with Crippen LogP contribution in [-0.4, -0.2) is 5.54 Å². The van der Waals surface area contributed by atoms with Crippen LogP contribution in [0.3, 0.4) is 0 Å². The van der Waals surface area contributed by atoms with E-state index in [-0.39, 0.29) is 0 Å². The molecule has 1 rings (SSSR count). The molecule has 0 aromatic carbocycles. The highest BCUT2D eigenvalue weighted by Crippen LogP contribution is 2.21. The zero-order chi connectivity index (χ0) is 13.1. The summed E-state index contributed by atoms with van der Waals surface area (Å²) in [6.07, 6.45) is 17.5. The number of nitriles is 1. The van der Waals surface area contributed by atoms with Crippen LogP contribution in [0.15, 0.2) is 0 Å². The highest BCUT2D eigenvalue weighted by molar-refractivity contribution is 5.04. The first-order chi connectivity index (χ1) is 8.77. The van der Waals surface area contributed by atoms with Crippen molar-refractivity contribution >= 4 is 0 Å². The van der Waals surface area contributed by atoms with Crippen molar-refractivity contribution in [1.82, 2.24) is 0 Å². The zero-order valence-electron chi connectivity index (χ0n) is 11.9. The summed E-state index contributed by atoms with van der Waals surface area (Å²) in [6.45, 7) is 0. The molecule has 0 saturated heterocycles. The number of hydrogen-bond donors (Lipinski definition) is 1. The van der Waals surface area contributed by atoms with Gasteiger partial charge >= 0.3 is 0 Å². The largest absolute Gasteiger partial charge is 0.313 e. The Bertz CT molecular complexity index is 226. The molecule has 0 aliphatic heterocycles. The number of hydrogen-bond acceptors (Lipinski definition) is 2. The standard InChI is InChI=1S/C16H30N2/c17-15-16(18)13-11-9-7-5-3-1-2-4-6-8-10-12-14-16/h1-14,18H2. The van der Waals surface area contributed by atoms with E-state index in [1.807, 2.05) is 0 Å². The SMILES string of the molecule is N#CC1(N)CCCCCCCCCCCCCC1. The molecule has 0 aromatic heterocycles. The van der Waals surface area contributed by atoms with Gasteiger partial charge in [0.1, 0.15) is 5.54 Å². The molecule has 104 valence electrons. The molecule has 1 saturated carbocycles. The summed E-state index contributed by atoms with van der Waals surface area (Å²) < 4.78 is 0. The summed E-state index contributed by atoms with van der Waals surface area (Å²) in [6, 6.07) is 2.35. The minimum atomic E-state index is -0.541. The Labute approximate surface area is 113 Å². The smallest absolute Gasteiger partial charge is 0.104 e. The average molecular weight is 250 g/mol. The lowest BCUT2D eigenvalue weighted by molar-refractivity contribution is 0.414. The van der Waals surface area contributed by atoms with E-state index in [9.17, 15) is 5.26 Å². The molecule has 0 amide bonds. The Morgan fingerprint density at radius 1 is 0.611 bits per heavy atom. The van der Waals surface area contributed by atoms with Crippen LogP contribution in [0.5, 0.6) is 0 Å². The van der Waals surface area contributed by atoms with Gasteiger partial charge in [-0.3, -0.25) is 0 Å². The van der Waals surface area contributed by atoms with Crippen LogP contribution in [0, 0.1) is 11.3 Å². The Hall–Kier alpha value is -0.550. The predicted octanol–water partition coefficient (Wildman–Crippen LogP) is 4.68. The highest BCUT2D eigenvalue weighted by Gasteiger charge is 2.23. The van der Waals surface area contributed by atoms with Crippen LogP contribution in [0.1, 0.15) is 89.9 Å². The molecule has 0 bridgehead atoms. The van der Waals surface area contributed by atoms with Gasteiger partial charge in [0.2, 0.25) is 0 Å². The van der Waals surface area contributed by atoms with Gasteiger partial charge in [0, 0.05) is 0 Å². The Morgan fingerprint density at radius 3 is 1.17 bits per heavy atom. The number of rotatable bonds is 0. The summed E-state index contributed by atoms with van der Waals surface area (Å²) in [5.41, 5.74) is 5.64. The van der Waals surface area contributed by atoms with Crippen molar-refractivity contribution in [3.05, 3.63) is 0 Å². The maximum absolute atomic E-state index is 9.23. The molecular formula is C16H30N2. The summed E-state index contributed by atoms with van der Waals surface area (Å²) in [4.78, 5) is 0. The van der Waals surface area contributed by atoms with Crippen molar-refractivity contribution in [3.8, 4) is 6.07 Å². The van der Waals surface area contributed by atoms with Crippen molar-refractivity contribution in [2.45, 2.75) is 95.4 Å². The molecule has 2 N–H and O–H groups in total. The van der Waals surface area contributed by atoms with Crippen molar-refractivity contribution in [2.75, 3.05) is 0 Å². The molecule has 1 fully saturated rings. The van der Waals surface area contributed by atoms with Crippen molar-refractivity contribution in [1.29, 1.82) is 5.26 Å². The van der Waals surface area contributed by atoms with E-state index in [1.54, 1.807) is 0 Å². The fraction of sp³-hybridized carbons (Fsp3) is 0.938. The van der Waals surface area contributed by atoms with E-state index in [0.717, 1.165) is 25.7 Å². The fourth-order valence-electron chi connectivity index (χ4n) is 2.89. The van der Waals surface area contributed by atoms with Crippen molar-refractivity contribution in [2.24, 2.45) is 5.73 Å². The molecule has 1 aliphatic rings. The Morgan fingerprint density at radius 2 is 0.889 bits per heavy atom. The van der Waals surface area contributed by atoms with Gasteiger partial charge in [-0.2, -0.15) is 5.26 Å². The molecule has 2 nitrogen and oxygen atoms in total. The van der Waals surface area contributed by atoms with Gasteiger partial charge < -0.3 is 5.73 Å². The molecule has 0 aromatic rings. The molecule has 0 spiro atoms. The maximum Gasteiger partial charge on any atom is 0.104 e.